The second-order valence-corrected chi connectivity index (χ2v) is 10.3. The third-order valence-corrected chi connectivity index (χ3v) is 7.56. The zero-order chi connectivity index (χ0) is 28.8. The van der Waals surface area contributed by atoms with Crippen LogP contribution in [0.2, 0.25) is 0 Å². The highest BCUT2D eigenvalue weighted by Gasteiger charge is 2.23. The third kappa shape index (κ3) is 6.69. The van der Waals surface area contributed by atoms with Crippen LogP contribution in [0.15, 0.2) is 90.0 Å². The number of nitrogens with zero attached hydrogens (tertiary/aromatic N) is 5. The van der Waals surface area contributed by atoms with Gasteiger partial charge in [-0.2, -0.15) is 5.10 Å². The summed E-state index contributed by atoms with van der Waals surface area (Å²) in [4.78, 5) is 29.2. The van der Waals surface area contributed by atoms with Crippen LogP contribution in [-0.2, 0) is 16.1 Å². The van der Waals surface area contributed by atoms with Crippen LogP contribution >= 0.6 is 0 Å². The molecule has 9 heteroatoms. The van der Waals surface area contributed by atoms with Crippen molar-refractivity contribution in [2.45, 2.75) is 45.9 Å². The van der Waals surface area contributed by atoms with E-state index in [2.05, 4.69) is 27.0 Å². The predicted octanol–water partition coefficient (Wildman–Crippen LogP) is 4.84. The molecule has 2 atom stereocenters. The van der Waals surface area contributed by atoms with Gasteiger partial charge in [0, 0.05) is 44.5 Å². The number of anilines is 2. The summed E-state index contributed by atoms with van der Waals surface area (Å²) in [5.74, 6) is 0.237. The van der Waals surface area contributed by atoms with Crippen molar-refractivity contribution in [1.29, 1.82) is 0 Å². The molecular weight excluding hydrogens is 518 g/mol. The monoisotopic (exact) mass is 555 g/mol. The molecule has 0 unspecified atom stereocenters. The number of benzene rings is 3. The molecule has 0 bridgehead atoms. The Labute approximate surface area is 240 Å². The molecule has 0 N–H and O–H groups in total. The number of esters is 1. The molecule has 0 saturated carbocycles. The van der Waals surface area contributed by atoms with Crippen LogP contribution in [0.1, 0.15) is 38.8 Å². The lowest BCUT2D eigenvalue weighted by Crippen LogP contribution is -2.46. The first-order chi connectivity index (χ1) is 19.9. The summed E-state index contributed by atoms with van der Waals surface area (Å²) in [6.45, 7) is 9.45. The zero-order valence-corrected chi connectivity index (χ0v) is 23.8. The smallest absolute Gasteiger partial charge is 0.350 e. The molecule has 9 nitrogen and oxygen atoms in total. The SMILES string of the molecule is CC[C@H]([C@H](C)OCc1ccccc1)n1ncn(-c2ccc(N3CCN(c4ccc(OC(C)=O)cc4)CC3)cc2)c1=O. The quantitative estimate of drug-likeness (QED) is 0.205. The fourth-order valence-electron chi connectivity index (χ4n) is 5.28. The summed E-state index contributed by atoms with van der Waals surface area (Å²) in [5, 5.41) is 4.45. The number of rotatable bonds is 10. The van der Waals surface area contributed by atoms with Crippen molar-refractivity contribution in [3.8, 4) is 11.4 Å². The minimum atomic E-state index is -0.319. The normalized spacial score (nSPS) is 15.0. The second kappa shape index (κ2) is 12.9. The van der Waals surface area contributed by atoms with Crippen LogP contribution in [0.4, 0.5) is 11.4 Å². The molecular formula is C32H37N5O4. The van der Waals surface area contributed by atoms with Gasteiger partial charge in [0.1, 0.15) is 12.1 Å². The molecule has 4 aromatic rings. The molecule has 5 rings (SSSR count). The van der Waals surface area contributed by atoms with Gasteiger partial charge in [-0.3, -0.25) is 4.79 Å². The van der Waals surface area contributed by atoms with Crippen LogP contribution in [0.5, 0.6) is 5.75 Å². The molecule has 2 heterocycles. The van der Waals surface area contributed by atoms with Crippen LogP contribution in [0, 0.1) is 0 Å². The van der Waals surface area contributed by atoms with Gasteiger partial charge in [-0.15, -0.1) is 0 Å². The van der Waals surface area contributed by atoms with E-state index in [1.807, 2.05) is 80.6 Å². The van der Waals surface area contributed by atoms with Crippen molar-refractivity contribution in [3.63, 3.8) is 0 Å². The van der Waals surface area contributed by atoms with Crippen LogP contribution in [0.25, 0.3) is 5.69 Å². The number of carbonyl (C=O) groups is 1. The number of hydrogen-bond acceptors (Lipinski definition) is 7. The maximum atomic E-state index is 13.3. The highest BCUT2D eigenvalue weighted by molar-refractivity contribution is 5.69. The van der Waals surface area contributed by atoms with Crippen molar-refractivity contribution in [2.24, 2.45) is 0 Å². The number of aromatic nitrogens is 3. The summed E-state index contributed by atoms with van der Waals surface area (Å²) >= 11 is 0. The van der Waals surface area contributed by atoms with Gasteiger partial charge < -0.3 is 19.3 Å². The number of hydrogen-bond donors (Lipinski definition) is 0. The van der Waals surface area contributed by atoms with Crippen molar-refractivity contribution >= 4 is 17.3 Å². The largest absolute Gasteiger partial charge is 0.427 e. The van der Waals surface area contributed by atoms with Gasteiger partial charge in [0.05, 0.1) is 24.4 Å². The van der Waals surface area contributed by atoms with Crippen LogP contribution < -0.4 is 20.2 Å². The van der Waals surface area contributed by atoms with Crippen molar-refractivity contribution in [3.05, 3.63) is 101 Å². The Morgan fingerprint density at radius 3 is 1.98 bits per heavy atom. The van der Waals surface area contributed by atoms with Crippen molar-refractivity contribution in [2.75, 3.05) is 36.0 Å². The topological polar surface area (TPSA) is 81.8 Å². The average Bonchev–Trinajstić information content (AvgIpc) is 3.38. The number of carbonyl (C=O) groups excluding carboxylic acids is 1. The van der Waals surface area contributed by atoms with Gasteiger partial charge in [-0.1, -0.05) is 37.3 Å². The van der Waals surface area contributed by atoms with E-state index in [-0.39, 0.29) is 23.8 Å². The van der Waals surface area contributed by atoms with E-state index in [4.69, 9.17) is 9.47 Å². The molecule has 0 aliphatic carbocycles. The van der Waals surface area contributed by atoms with E-state index in [1.165, 1.54) is 6.92 Å². The Bertz CT molecular complexity index is 1470. The lowest BCUT2D eigenvalue weighted by Gasteiger charge is -2.37. The Morgan fingerprint density at radius 2 is 1.41 bits per heavy atom. The maximum absolute atomic E-state index is 13.3. The molecule has 1 aromatic heterocycles. The van der Waals surface area contributed by atoms with E-state index in [9.17, 15) is 9.59 Å². The van der Waals surface area contributed by atoms with Gasteiger partial charge in [-0.25, -0.2) is 14.0 Å². The molecule has 0 amide bonds. The molecule has 1 aliphatic rings. The van der Waals surface area contributed by atoms with Gasteiger partial charge in [-0.05, 0) is 67.4 Å². The fourth-order valence-corrected chi connectivity index (χ4v) is 5.28. The summed E-state index contributed by atoms with van der Waals surface area (Å²) in [6.07, 6.45) is 2.15. The molecule has 0 radical (unpaired) electrons. The number of piperazine rings is 1. The van der Waals surface area contributed by atoms with Gasteiger partial charge in [0.2, 0.25) is 0 Å². The first-order valence-electron chi connectivity index (χ1n) is 14.1. The Balaban J connectivity index is 1.20. The fraction of sp³-hybridized carbons (Fsp3) is 0.344. The average molecular weight is 556 g/mol. The molecule has 3 aromatic carbocycles. The standard InChI is InChI=1S/C32H37N5O4/c1-4-31(24(2)40-22-26-8-6-5-7-9-26)37-32(39)36(23-33-37)29-12-10-27(11-13-29)34-18-20-35(21-19-34)28-14-16-30(17-15-28)41-25(3)38/h5-17,23-24,31H,4,18-22H2,1-3H3/t24-,31+/m0/s1. The second-order valence-electron chi connectivity index (χ2n) is 10.3. The van der Waals surface area contributed by atoms with E-state index in [0.29, 0.717) is 12.4 Å². The van der Waals surface area contributed by atoms with Gasteiger partial charge in [0.15, 0.2) is 0 Å². The van der Waals surface area contributed by atoms with E-state index < -0.39 is 0 Å². The molecule has 1 aliphatic heterocycles. The Hall–Kier alpha value is -4.37. The molecule has 41 heavy (non-hydrogen) atoms. The maximum Gasteiger partial charge on any atom is 0.350 e. The van der Waals surface area contributed by atoms with E-state index in [0.717, 1.165) is 55.2 Å². The first-order valence-corrected chi connectivity index (χ1v) is 14.1. The Morgan fingerprint density at radius 1 is 0.854 bits per heavy atom. The highest BCUT2D eigenvalue weighted by Crippen LogP contribution is 2.24. The first kappa shape index (κ1) is 28.2. The lowest BCUT2D eigenvalue weighted by molar-refractivity contribution is -0.131. The van der Waals surface area contributed by atoms with Crippen molar-refractivity contribution in [1.82, 2.24) is 14.3 Å². The highest BCUT2D eigenvalue weighted by atomic mass is 16.5. The van der Waals surface area contributed by atoms with Crippen LogP contribution in [0.3, 0.4) is 0 Å². The Kier molecular flexibility index (Phi) is 8.84. The van der Waals surface area contributed by atoms with E-state index in [1.54, 1.807) is 15.6 Å². The van der Waals surface area contributed by atoms with Gasteiger partial charge >= 0.3 is 11.7 Å². The summed E-state index contributed by atoms with van der Waals surface area (Å²) in [5.41, 5.74) is 3.94. The molecule has 1 fully saturated rings. The zero-order valence-electron chi connectivity index (χ0n) is 23.8. The van der Waals surface area contributed by atoms with Gasteiger partial charge in [0.25, 0.3) is 0 Å². The molecule has 1 saturated heterocycles. The minimum Gasteiger partial charge on any atom is -0.427 e. The minimum absolute atomic E-state index is 0.166. The summed E-state index contributed by atoms with van der Waals surface area (Å²) < 4.78 is 14.4. The predicted molar refractivity (Wildman–Crippen MR) is 160 cm³/mol. The molecule has 0 spiro atoms. The third-order valence-electron chi connectivity index (χ3n) is 7.56. The summed E-state index contributed by atoms with van der Waals surface area (Å²) in [7, 11) is 0. The number of ether oxygens (including phenoxy) is 2. The lowest BCUT2D eigenvalue weighted by atomic mass is 10.1. The summed E-state index contributed by atoms with van der Waals surface area (Å²) in [6, 6.07) is 25.6. The van der Waals surface area contributed by atoms with Crippen LogP contribution in [-0.4, -0.2) is 52.6 Å². The molecule has 214 valence electrons. The van der Waals surface area contributed by atoms with Crippen molar-refractivity contribution < 1.29 is 14.3 Å². The van der Waals surface area contributed by atoms with E-state index >= 15 is 0 Å².